The van der Waals surface area contributed by atoms with Gasteiger partial charge in [-0.25, -0.2) is 9.97 Å². The van der Waals surface area contributed by atoms with Gasteiger partial charge >= 0.3 is 0 Å². The summed E-state index contributed by atoms with van der Waals surface area (Å²) < 4.78 is 5.64. The summed E-state index contributed by atoms with van der Waals surface area (Å²) in [6.07, 6.45) is 5.96. The standard InChI is InChI=1S/C29H38ClN5O3/c1-19-17-24(36)27-25(19)28(32-18-31-27)33-11-13-34(14-12-33)29(37)26(20-4-6-21(30)7-5-20)23-3-2-10-35(23)22-8-15-38-16-9-22/h4-7,18-19,22-24,26,36H,2-3,8-17H2,1H3/t19-,23+,24-,26+/m1/s1. The fraction of sp³-hybridized carbons (Fsp3) is 0.621. The van der Waals surface area contributed by atoms with Crippen molar-refractivity contribution in [3.8, 4) is 0 Å². The first-order valence-electron chi connectivity index (χ1n) is 14.2. The van der Waals surface area contributed by atoms with E-state index in [1.807, 2.05) is 24.3 Å². The van der Waals surface area contributed by atoms with Crippen LogP contribution in [-0.2, 0) is 9.53 Å². The largest absolute Gasteiger partial charge is 0.387 e. The van der Waals surface area contributed by atoms with Crippen LogP contribution in [0, 0.1) is 0 Å². The molecule has 0 unspecified atom stereocenters. The molecule has 0 spiro atoms. The summed E-state index contributed by atoms with van der Waals surface area (Å²) in [5, 5.41) is 11.1. The van der Waals surface area contributed by atoms with E-state index in [1.54, 1.807) is 6.33 Å². The van der Waals surface area contributed by atoms with E-state index in [2.05, 4.69) is 31.6 Å². The molecule has 0 saturated carbocycles. The lowest BCUT2D eigenvalue weighted by Crippen LogP contribution is -2.54. The number of aliphatic hydroxyl groups is 1. The second kappa shape index (κ2) is 11.1. The first kappa shape index (κ1) is 26.0. The highest BCUT2D eigenvalue weighted by Crippen LogP contribution is 2.43. The van der Waals surface area contributed by atoms with Crippen molar-refractivity contribution in [2.45, 2.75) is 69.1 Å². The van der Waals surface area contributed by atoms with Crippen molar-refractivity contribution in [2.75, 3.05) is 50.8 Å². The van der Waals surface area contributed by atoms with Crippen molar-refractivity contribution in [1.82, 2.24) is 19.8 Å². The minimum atomic E-state index is -0.519. The summed E-state index contributed by atoms with van der Waals surface area (Å²) >= 11 is 6.24. The van der Waals surface area contributed by atoms with Gasteiger partial charge in [0.25, 0.3) is 0 Å². The lowest BCUT2D eigenvalue weighted by Gasteiger charge is -2.42. The van der Waals surface area contributed by atoms with E-state index in [4.69, 9.17) is 16.3 Å². The number of aliphatic hydroxyl groups excluding tert-OH is 1. The number of fused-ring (bicyclic) bond motifs is 1. The van der Waals surface area contributed by atoms with Crippen LogP contribution in [0.1, 0.15) is 73.8 Å². The van der Waals surface area contributed by atoms with E-state index < -0.39 is 6.10 Å². The molecule has 3 fully saturated rings. The van der Waals surface area contributed by atoms with Gasteiger partial charge in [0.2, 0.25) is 5.91 Å². The summed E-state index contributed by atoms with van der Waals surface area (Å²) in [4.78, 5) is 30.2. The Morgan fingerprint density at radius 3 is 2.53 bits per heavy atom. The Hall–Kier alpha value is -2.26. The number of aromatic nitrogens is 2. The van der Waals surface area contributed by atoms with Crippen LogP contribution in [-0.4, -0.2) is 88.8 Å². The van der Waals surface area contributed by atoms with Crippen molar-refractivity contribution in [1.29, 1.82) is 0 Å². The Balaban J connectivity index is 1.22. The van der Waals surface area contributed by atoms with Gasteiger partial charge < -0.3 is 19.6 Å². The van der Waals surface area contributed by atoms with Gasteiger partial charge in [0.1, 0.15) is 12.1 Å². The molecule has 1 aromatic carbocycles. The van der Waals surface area contributed by atoms with E-state index in [0.29, 0.717) is 30.6 Å². The molecule has 8 nitrogen and oxygen atoms in total. The zero-order valence-corrected chi connectivity index (χ0v) is 22.9. The van der Waals surface area contributed by atoms with Crippen LogP contribution in [0.3, 0.4) is 0 Å². The number of carbonyl (C=O) groups excluding carboxylic acids is 1. The molecule has 3 aliphatic heterocycles. The first-order chi connectivity index (χ1) is 18.5. The molecule has 4 aliphatic rings. The molecule has 1 aromatic heterocycles. The monoisotopic (exact) mass is 539 g/mol. The third kappa shape index (κ3) is 4.92. The average molecular weight is 540 g/mol. The molecule has 2 aromatic rings. The molecule has 9 heteroatoms. The summed E-state index contributed by atoms with van der Waals surface area (Å²) in [5.74, 6) is 1.15. The summed E-state index contributed by atoms with van der Waals surface area (Å²) in [5.41, 5.74) is 2.89. The molecule has 1 N–H and O–H groups in total. The molecule has 1 aliphatic carbocycles. The number of anilines is 1. The number of carbonyl (C=O) groups is 1. The molecule has 6 rings (SSSR count). The minimum absolute atomic E-state index is 0.192. The fourth-order valence-electron chi connectivity index (χ4n) is 7.13. The first-order valence-corrected chi connectivity index (χ1v) is 14.5. The highest BCUT2D eigenvalue weighted by atomic mass is 35.5. The number of piperazine rings is 1. The summed E-state index contributed by atoms with van der Waals surface area (Å²) in [6.45, 7) is 7.54. The van der Waals surface area contributed by atoms with Crippen molar-refractivity contribution in [3.63, 3.8) is 0 Å². The van der Waals surface area contributed by atoms with E-state index in [0.717, 1.165) is 81.2 Å². The maximum absolute atomic E-state index is 14.3. The molecule has 204 valence electrons. The van der Waals surface area contributed by atoms with Gasteiger partial charge in [0.05, 0.1) is 17.7 Å². The number of amides is 1. The predicted octanol–water partition coefficient (Wildman–Crippen LogP) is 3.75. The Bertz CT molecular complexity index is 1130. The molecule has 4 heterocycles. The Morgan fingerprint density at radius 1 is 1.05 bits per heavy atom. The Labute approximate surface area is 229 Å². The molecule has 1 amide bonds. The van der Waals surface area contributed by atoms with Crippen LogP contribution >= 0.6 is 11.6 Å². The van der Waals surface area contributed by atoms with E-state index in [-0.39, 0.29) is 23.8 Å². The molecule has 0 radical (unpaired) electrons. The maximum Gasteiger partial charge on any atom is 0.231 e. The second-order valence-electron chi connectivity index (χ2n) is 11.3. The number of rotatable bonds is 5. The van der Waals surface area contributed by atoms with E-state index >= 15 is 0 Å². The second-order valence-corrected chi connectivity index (χ2v) is 11.7. The molecular weight excluding hydrogens is 502 g/mol. The molecule has 3 saturated heterocycles. The molecular formula is C29H38ClN5O3. The van der Waals surface area contributed by atoms with Crippen LogP contribution in [0.5, 0.6) is 0 Å². The third-order valence-corrected chi connectivity index (χ3v) is 9.30. The van der Waals surface area contributed by atoms with Gasteiger partial charge in [-0.2, -0.15) is 0 Å². The van der Waals surface area contributed by atoms with Crippen molar-refractivity contribution >= 4 is 23.3 Å². The van der Waals surface area contributed by atoms with Gasteiger partial charge in [-0.05, 0) is 62.3 Å². The third-order valence-electron chi connectivity index (χ3n) is 9.05. The fourth-order valence-corrected chi connectivity index (χ4v) is 7.26. The molecule has 4 atom stereocenters. The quantitative estimate of drug-likeness (QED) is 0.619. The van der Waals surface area contributed by atoms with Gasteiger partial charge in [-0.3, -0.25) is 9.69 Å². The highest BCUT2D eigenvalue weighted by molar-refractivity contribution is 6.30. The van der Waals surface area contributed by atoms with Crippen LogP contribution in [0.25, 0.3) is 0 Å². The van der Waals surface area contributed by atoms with Gasteiger partial charge in [0.15, 0.2) is 0 Å². The van der Waals surface area contributed by atoms with Crippen molar-refractivity contribution < 1.29 is 14.6 Å². The number of halogens is 1. The van der Waals surface area contributed by atoms with E-state index in [9.17, 15) is 9.90 Å². The van der Waals surface area contributed by atoms with E-state index in [1.165, 1.54) is 0 Å². The zero-order valence-electron chi connectivity index (χ0n) is 22.1. The minimum Gasteiger partial charge on any atom is -0.387 e. The van der Waals surface area contributed by atoms with Crippen molar-refractivity contribution in [3.05, 3.63) is 52.4 Å². The number of likely N-dealkylation sites (tertiary alicyclic amines) is 1. The molecule has 0 bridgehead atoms. The zero-order chi connectivity index (χ0) is 26.2. The van der Waals surface area contributed by atoms with Gasteiger partial charge in [0, 0.05) is 62.1 Å². The summed E-state index contributed by atoms with van der Waals surface area (Å²) in [6, 6.07) is 8.57. The number of hydrogen-bond donors (Lipinski definition) is 1. The van der Waals surface area contributed by atoms with Gasteiger partial charge in [-0.15, -0.1) is 0 Å². The summed E-state index contributed by atoms with van der Waals surface area (Å²) in [7, 11) is 0. The Kier molecular flexibility index (Phi) is 7.58. The number of hydrogen-bond acceptors (Lipinski definition) is 7. The SMILES string of the molecule is C[C@@H]1C[C@@H](O)c2ncnc(N3CCN(C(=O)[C@@H](c4ccc(Cl)cc4)[C@@H]4CCCN4C4CCOCC4)CC3)c21. The topological polar surface area (TPSA) is 82.0 Å². The predicted molar refractivity (Wildman–Crippen MR) is 147 cm³/mol. The highest BCUT2D eigenvalue weighted by Gasteiger charge is 2.42. The lowest BCUT2D eigenvalue weighted by atomic mass is 9.87. The molecule has 38 heavy (non-hydrogen) atoms. The lowest BCUT2D eigenvalue weighted by molar-refractivity contribution is -0.135. The smallest absolute Gasteiger partial charge is 0.231 e. The van der Waals surface area contributed by atoms with Crippen LogP contribution in [0.2, 0.25) is 5.02 Å². The van der Waals surface area contributed by atoms with Crippen molar-refractivity contribution in [2.24, 2.45) is 0 Å². The van der Waals surface area contributed by atoms with Crippen LogP contribution in [0.4, 0.5) is 5.82 Å². The number of ether oxygens (including phenoxy) is 1. The average Bonchev–Trinajstić information content (AvgIpc) is 3.54. The normalized spacial score (nSPS) is 27.5. The van der Waals surface area contributed by atoms with Gasteiger partial charge in [-0.1, -0.05) is 30.7 Å². The maximum atomic E-state index is 14.3. The number of nitrogens with zero attached hydrogens (tertiary/aromatic N) is 5. The Morgan fingerprint density at radius 2 is 1.79 bits per heavy atom. The number of benzene rings is 1. The van der Waals surface area contributed by atoms with Crippen LogP contribution in [0.15, 0.2) is 30.6 Å². The van der Waals surface area contributed by atoms with Crippen LogP contribution < -0.4 is 4.90 Å².